The first-order chi connectivity index (χ1) is 12.2. The molecule has 0 atom stereocenters. The number of carbonyl (C=O) groups excluding carboxylic acids is 1. The maximum absolute atomic E-state index is 12.0. The van der Waals surface area contributed by atoms with E-state index in [1.807, 2.05) is 31.3 Å². The number of fused-ring (bicyclic) bond motifs is 1. The van der Waals surface area contributed by atoms with Crippen molar-refractivity contribution in [2.24, 2.45) is 0 Å². The molecule has 0 saturated heterocycles. The van der Waals surface area contributed by atoms with E-state index in [2.05, 4.69) is 26.6 Å². The zero-order valence-corrected chi connectivity index (χ0v) is 14.9. The molecule has 8 heteroatoms. The number of benzene rings is 1. The molecular weight excluding hydrogens is 338 g/mol. The molecule has 0 bridgehead atoms. The zero-order valence-electron chi connectivity index (χ0n) is 14.0. The van der Waals surface area contributed by atoms with Crippen molar-refractivity contribution in [3.8, 4) is 0 Å². The summed E-state index contributed by atoms with van der Waals surface area (Å²) < 4.78 is 1.56. The van der Waals surface area contributed by atoms with Crippen LogP contribution in [0.15, 0.2) is 40.4 Å². The van der Waals surface area contributed by atoms with E-state index in [1.54, 1.807) is 4.57 Å². The molecule has 3 rings (SSSR count). The van der Waals surface area contributed by atoms with Gasteiger partial charge in [-0.2, -0.15) is 0 Å². The van der Waals surface area contributed by atoms with E-state index in [0.29, 0.717) is 18.2 Å². The summed E-state index contributed by atoms with van der Waals surface area (Å²) in [5, 5.41) is 11.0. The van der Waals surface area contributed by atoms with Gasteiger partial charge >= 0.3 is 5.69 Å². The molecule has 3 N–H and O–H groups in total. The first kappa shape index (κ1) is 17.3. The van der Waals surface area contributed by atoms with Crippen LogP contribution in [0, 0.1) is 0 Å². The third-order valence-corrected chi connectivity index (χ3v) is 4.87. The Balaban J connectivity index is 1.48. The van der Waals surface area contributed by atoms with Crippen LogP contribution >= 0.6 is 11.8 Å². The molecule has 7 nitrogen and oxygen atoms in total. The van der Waals surface area contributed by atoms with E-state index in [0.717, 1.165) is 18.4 Å². The molecule has 0 aliphatic heterocycles. The van der Waals surface area contributed by atoms with Crippen LogP contribution in [0.2, 0.25) is 0 Å². The molecule has 0 fully saturated rings. The van der Waals surface area contributed by atoms with Crippen molar-refractivity contribution in [1.82, 2.24) is 25.1 Å². The molecule has 3 aromatic rings. The molecule has 0 aliphatic carbocycles. The summed E-state index contributed by atoms with van der Waals surface area (Å²) >= 11 is 1.27. The molecule has 0 saturated carbocycles. The lowest BCUT2D eigenvalue weighted by molar-refractivity contribution is -0.118. The maximum atomic E-state index is 12.0. The van der Waals surface area contributed by atoms with Crippen LogP contribution in [-0.2, 0) is 17.8 Å². The van der Waals surface area contributed by atoms with Crippen LogP contribution < -0.4 is 11.0 Å². The molecule has 1 amide bonds. The van der Waals surface area contributed by atoms with E-state index >= 15 is 0 Å². The second kappa shape index (κ2) is 8.06. The predicted molar refractivity (Wildman–Crippen MR) is 98.9 cm³/mol. The minimum atomic E-state index is -0.232. The first-order valence-corrected chi connectivity index (χ1v) is 9.27. The van der Waals surface area contributed by atoms with Crippen molar-refractivity contribution in [3.05, 3.63) is 46.5 Å². The van der Waals surface area contributed by atoms with E-state index in [4.69, 9.17) is 0 Å². The van der Waals surface area contributed by atoms with Gasteiger partial charge in [0, 0.05) is 30.2 Å². The Morgan fingerprint density at radius 1 is 1.36 bits per heavy atom. The molecule has 2 heterocycles. The molecule has 2 aromatic heterocycles. The predicted octanol–water partition coefficient (Wildman–Crippen LogP) is 1.91. The third kappa shape index (κ3) is 4.14. The minimum absolute atomic E-state index is 0.0664. The SMILES string of the molecule is CCCn1c(SCC(=O)NCCc2c[nH]c3ccccc23)n[nH]c1=O. The lowest BCUT2D eigenvalue weighted by Crippen LogP contribution is -2.27. The first-order valence-electron chi connectivity index (χ1n) is 8.28. The number of nitrogens with one attached hydrogen (secondary N) is 3. The number of aromatic amines is 2. The van der Waals surface area contributed by atoms with Gasteiger partial charge in [-0.25, -0.2) is 9.89 Å². The number of rotatable bonds is 8. The highest BCUT2D eigenvalue weighted by Gasteiger charge is 2.11. The molecule has 25 heavy (non-hydrogen) atoms. The topological polar surface area (TPSA) is 95.6 Å². The van der Waals surface area contributed by atoms with Crippen molar-refractivity contribution in [2.45, 2.75) is 31.5 Å². The highest BCUT2D eigenvalue weighted by Crippen LogP contribution is 2.17. The number of thioether (sulfide) groups is 1. The molecule has 0 radical (unpaired) electrons. The summed E-state index contributed by atoms with van der Waals surface area (Å²) in [7, 11) is 0. The number of carbonyl (C=O) groups is 1. The van der Waals surface area contributed by atoms with Gasteiger partial charge in [-0.3, -0.25) is 9.36 Å². The monoisotopic (exact) mass is 359 g/mol. The number of amides is 1. The number of para-hydroxylation sites is 1. The van der Waals surface area contributed by atoms with Gasteiger partial charge in [-0.05, 0) is 24.5 Å². The van der Waals surface area contributed by atoms with Gasteiger partial charge in [-0.1, -0.05) is 36.9 Å². The summed E-state index contributed by atoms with van der Waals surface area (Å²) in [5.41, 5.74) is 2.06. The highest BCUT2D eigenvalue weighted by molar-refractivity contribution is 7.99. The fourth-order valence-electron chi connectivity index (χ4n) is 2.69. The second-order valence-corrected chi connectivity index (χ2v) is 6.65. The summed E-state index contributed by atoms with van der Waals surface area (Å²) in [4.78, 5) is 26.9. The highest BCUT2D eigenvalue weighted by atomic mass is 32.2. The van der Waals surface area contributed by atoms with Crippen molar-refractivity contribution >= 4 is 28.6 Å². The summed E-state index contributed by atoms with van der Waals surface area (Å²) in [6.07, 6.45) is 3.59. The van der Waals surface area contributed by atoms with Gasteiger partial charge in [0.05, 0.1) is 5.75 Å². The van der Waals surface area contributed by atoms with Crippen LogP contribution in [0.1, 0.15) is 18.9 Å². The van der Waals surface area contributed by atoms with Gasteiger partial charge in [0.25, 0.3) is 0 Å². The van der Waals surface area contributed by atoms with E-state index in [9.17, 15) is 9.59 Å². The Labute approximate surface area is 149 Å². The molecule has 0 aliphatic rings. The van der Waals surface area contributed by atoms with E-state index in [1.165, 1.54) is 22.7 Å². The third-order valence-electron chi connectivity index (χ3n) is 3.89. The number of hydrogen-bond acceptors (Lipinski definition) is 4. The number of aromatic nitrogens is 4. The smallest absolute Gasteiger partial charge is 0.343 e. The van der Waals surface area contributed by atoms with Gasteiger partial charge in [-0.15, -0.1) is 5.10 Å². The minimum Gasteiger partial charge on any atom is -0.361 e. The van der Waals surface area contributed by atoms with E-state index < -0.39 is 0 Å². The maximum Gasteiger partial charge on any atom is 0.343 e. The quantitative estimate of drug-likeness (QED) is 0.535. The van der Waals surface area contributed by atoms with Gasteiger partial charge in [0.1, 0.15) is 0 Å². The fourth-order valence-corrected chi connectivity index (χ4v) is 3.49. The Bertz CT molecular complexity index is 911. The molecule has 0 unspecified atom stereocenters. The Hall–Kier alpha value is -2.48. The Morgan fingerprint density at radius 2 is 2.20 bits per heavy atom. The van der Waals surface area contributed by atoms with Gasteiger partial charge in [0.15, 0.2) is 5.16 Å². The van der Waals surface area contributed by atoms with Crippen molar-refractivity contribution in [1.29, 1.82) is 0 Å². The van der Waals surface area contributed by atoms with Gasteiger partial charge in [0.2, 0.25) is 5.91 Å². The van der Waals surface area contributed by atoms with Crippen molar-refractivity contribution < 1.29 is 4.79 Å². The molecule has 1 aromatic carbocycles. The van der Waals surface area contributed by atoms with Crippen LogP contribution in [0.5, 0.6) is 0 Å². The number of H-pyrrole nitrogens is 2. The largest absolute Gasteiger partial charge is 0.361 e. The number of hydrogen-bond donors (Lipinski definition) is 3. The molecule has 132 valence electrons. The Morgan fingerprint density at radius 3 is 3.04 bits per heavy atom. The summed E-state index contributed by atoms with van der Waals surface area (Å²) in [5.74, 6) is 0.172. The molecule has 0 spiro atoms. The van der Waals surface area contributed by atoms with Crippen LogP contribution in [0.25, 0.3) is 10.9 Å². The van der Waals surface area contributed by atoms with E-state index in [-0.39, 0.29) is 17.3 Å². The van der Waals surface area contributed by atoms with Gasteiger partial charge < -0.3 is 10.3 Å². The number of nitrogens with zero attached hydrogens (tertiary/aromatic N) is 2. The summed E-state index contributed by atoms with van der Waals surface area (Å²) in [6, 6.07) is 8.11. The molecular formula is C17H21N5O2S. The second-order valence-electron chi connectivity index (χ2n) is 5.71. The standard InChI is InChI=1S/C17H21N5O2S/c1-2-9-22-16(24)20-21-17(22)25-11-15(23)18-8-7-12-10-19-14-6-4-3-5-13(12)14/h3-6,10,19H,2,7-9,11H2,1H3,(H,18,23)(H,20,24). The van der Waals surface area contributed by atoms with Crippen LogP contribution in [-0.4, -0.2) is 38.0 Å². The summed E-state index contributed by atoms with van der Waals surface area (Å²) in [6.45, 7) is 3.16. The lowest BCUT2D eigenvalue weighted by Gasteiger charge is -2.05. The van der Waals surface area contributed by atoms with Crippen LogP contribution in [0.4, 0.5) is 0 Å². The normalized spacial score (nSPS) is 11.1. The zero-order chi connectivity index (χ0) is 17.6. The fraction of sp³-hybridized carbons (Fsp3) is 0.353. The van der Waals surface area contributed by atoms with Crippen molar-refractivity contribution in [3.63, 3.8) is 0 Å². The van der Waals surface area contributed by atoms with Crippen LogP contribution in [0.3, 0.4) is 0 Å². The average Bonchev–Trinajstić information content (AvgIpc) is 3.18. The lowest BCUT2D eigenvalue weighted by atomic mass is 10.1. The average molecular weight is 359 g/mol. The van der Waals surface area contributed by atoms with Crippen molar-refractivity contribution in [2.75, 3.05) is 12.3 Å². The Kier molecular flexibility index (Phi) is 5.60.